The Hall–Kier alpha value is -0.490. The van der Waals surface area contributed by atoms with Crippen molar-refractivity contribution in [3.05, 3.63) is 26.3 Å². The Labute approximate surface area is 88.2 Å². The molecule has 0 unspecified atom stereocenters. The summed E-state index contributed by atoms with van der Waals surface area (Å²) in [6, 6.07) is 3.27. The van der Waals surface area contributed by atoms with Crippen LogP contribution < -0.4 is 11.5 Å². The number of rotatable bonds is 1. The first-order chi connectivity index (χ1) is 5.52. The molecule has 0 saturated carbocycles. The molecule has 0 spiro atoms. The van der Waals surface area contributed by atoms with Crippen molar-refractivity contribution in [3.8, 4) is 0 Å². The van der Waals surface area contributed by atoms with Gasteiger partial charge >= 0.3 is 0 Å². The Morgan fingerprint density at radius 3 is 2.58 bits per heavy atom. The molecule has 0 aliphatic carbocycles. The molecular formula is C7H6ClIN2O. The van der Waals surface area contributed by atoms with Crippen molar-refractivity contribution in [3.63, 3.8) is 0 Å². The molecule has 4 N–H and O–H groups in total. The van der Waals surface area contributed by atoms with Crippen molar-refractivity contribution in [1.29, 1.82) is 0 Å². The van der Waals surface area contributed by atoms with Crippen LogP contribution in [-0.2, 0) is 0 Å². The van der Waals surface area contributed by atoms with Gasteiger partial charge in [-0.25, -0.2) is 0 Å². The van der Waals surface area contributed by atoms with Crippen molar-refractivity contribution in [1.82, 2.24) is 0 Å². The number of amides is 1. The van der Waals surface area contributed by atoms with Gasteiger partial charge in [-0.2, -0.15) is 0 Å². The molecule has 0 aliphatic rings. The predicted octanol–water partition coefficient (Wildman–Crippen LogP) is 1.63. The topological polar surface area (TPSA) is 69.1 Å². The Morgan fingerprint density at radius 2 is 2.08 bits per heavy atom. The summed E-state index contributed by atoms with van der Waals surface area (Å²) in [7, 11) is 0. The molecule has 64 valence electrons. The summed E-state index contributed by atoms with van der Waals surface area (Å²) in [5.74, 6) is -0.562. The van der Waals surface area contributed by atoms with E-state index in [4.69, 9.17) is 23.1 Å². The van der Waals surface area contributed by atoms with Crippen LogP contribution in [0.25, 0.3) is 0 Å². The highest BCUT2D eigenvalue weighted by Crippen LogP contribution is 2.25. The molecule has 0 fully saturated rings. The predicted molar refractivity (Wildman–Crippen MR) is 57.1 cm³/mol. The zero-order valence-corrected chi connectivity index (χ0v) is 8.89. The molecule has 0 aliphatic heterocycles. The largest absolute Gasteiger partial charge is 0.397 e. The lowest BCUT2D eigenvalue weighted by Gasteiger charge is -2.03. The zero-order valence-electron chi connectivity index (χ0n) is 5.97. The summed E-state index contributed by atoms with van der Waals surface area (Å²) in [6.07, 6.45) is 0. The van der Waals surface area contributed by atoms with Gasteiger partial charge in [0.2, 0.25) is 0 Å². The van der Waals surface area contributed by atoms with Crippen molar-refractivity contribution in [2.75, 3.05) is 5.73 Å². The second-order valence-electron chi connectivity index (χ2n) is 2.21. The fourth-order valence-corrected chi connectivity index (χ4v) is 1.81. The lowest BCUT2D eigenvalue weighted by molar-refractivity contribution is 0.100. The number of primary amides is 1. The molecule has 1 aromatic rings. The molecule has 5 heteroatoms. The third-order valence-electron chi connectivity index (χ3n) is 1.36. The minimum Gasteiger partial charge on any atom is -0.397 e. The standard InChI is InChI=1S/C7H6ClIN2O/c8-5-2-3(9)1-4(6(5)10)7(11)12/h1-2H,10H2,(H2,11,12). The minimum absolute atomic E-state index is 0.240. The smallest absolute Gasteiger partial charge is 0.250 e. The Kier molecular flexibility index (Phi) is 2.79. The molecule has 0 saturated heterocycles. The van der Waals surface area contributed by atoms with Gasteiger partial charge in [0, 0.05) is 3.57 Å². The van der Waals surface area contributed by atoms with Gasteiger partial charge in [-0.1, -0.05) is 11.6 Å². The van der Waals surface area contributed by atoms with E-state index in [-0.39, 0.29) is 11.3 Å². The van der Waals surface area contributed by atoms with Crippen LogP contribution in [0, 0.1) is 3.57 Å². The van der Waals surface area contributed by atoms with Crippen LogP contribution in [0.1, 0.15) is 10.4 Å². The molecule has 1 aromatic carbocycles. The van der Waals surface area contributed by atoms with E-state index in [1.165, 1.54) is 0 Å². The molecule has 0 radical (unpaired) electrons. The highest BCUT2D eigenvalue weighted by atomic mass is 127. The summed E-state index contributed by atoms with van der Waals surface area (Å²) >= 11 is 7.76. The molecule has 12 heavy (non-hydrogen) atoms. The zero-order chi connectivity index (χ0) is 9.30. The number of hydrogen-bond acceptors (Lipinski definition) is 2. The third kappa shape index (κ3) is 1.81. The summed E-state index contributed by atoms with van der Waals surface area (Å²) in [5, 5.41) is 0.357. The summed E-state index contributed by atoms with van der Waals surface area (Å²) in [5.41, 5.74) is 11.1. The van der Waals surface area contributed by atoms with Gasteiger partial charge in [-0.05, 0) is 34.7 Å². The molecular weight excluding hydrogens is 290 g/mol. The maximum Gasteiger partial charge on any atom is 0.250 e. The molecule has 0 bridgehead atoms. The molecule has 1 rings (SSSR count). The van der Waals surface area contributed by atoms with E-state index >= 15 is 0 Å². The number of carbonyl (C=O) groups excluding carboxylic acids is 1. The van der Waals surface area contributed by atoms with Crippen molar-refractivity contribution in [2.24, 2.45) is 5.73 Å². The van der Waals surface area contributed by atoms with Gasteiger partial charge in [-0.3, -0.25) is 4.79 Å². The van der Waals surface area contributed by atoms with E-state index in [1.807, 2.05) is 22.6 Å². The van der Waals surface area contributed by atoms with E-state index in [1.54, 1.807) is 12.1 Å². The van der Waals surface area contributed by atoms with Crippen molar-refractivity contribution < 1.29 is 4.79 Å². The van der Waals surface area contributed by atoms with Crippen LogP contribution in [-0.4, -0.2) is 5.91 Å². The summed E-state index contributed by atoms with van der Waals surface area (Å²) in [6.45, 7) is 0. The van der Waals surface area contributed by atoms with E-state index in [9.17, 15) is 4.79 Å². The Balaban J connectivity index is 3.37. The van der Waals surface area contributed by atoms with E-state index < -0.39 is 5.91 Å². The van der Waals surface area contributed by atoms with Gasteiger partial charge in [0.15, 0.2) is 0 Å². The highest BCUT2D eigenvalue weighted by molar-refractivity contribution is 14.1. The van der Waals surface area contributed by atoms with Gasteiger partial charge in [0.25, 0.3) is 5.91 Å². The van der Waals surface area contributed by atoms with E-state index in [0.717, 1.165) is 3.57 Å². The average molecular weight is 296 g/mol. The van der Waals surface area contributed by atoms with Crippen molar-refractivity contribution >= 4 is 45.8 Å². The van der Waals surface area contributed by atoms with E-state index in [2.05, 4.69) is 0 Å². The second-order valence-corrected chi connectivity index (χ2v) is 3.87. The summed E-state index contributed by atoms with van der Waals surface area (Å²) in [4.78, 5) is 10.8. The van der Waals surface area contributed by atoms with Crippen molar-refractivity contribution in [2.45, 2.75) is 0 Å². The number of benzene rings is 1. The van der Waals surface area contributed by atoms with Crippen LogP contribution in [0.2, 0.25) is 5.02 Å². The quantitative estimate of drug-likeness (QED) is 0.611. The lowest BCUT2D eigenvalue weighted by Crippen LogP contribution is -2.13. The van der Waals surface area contributed by atoms with Gasteiger partial charge < -0.3 is 11.5 Å². The lowest BCUT2D eigenvalue weighted by atomic mass is 10.2. The van der Waals surface area contributed by atoms with Crippen LogP contribution in [0.4, 0.5) is 5.69 Å². The number of halogens is 2. The van der Waals surface area contributed by atoms with Crippen LogP contribution in [0.15, 0.2) is 12.1 Å². The van der Waals surface area contributed by atoms with Crippen LogP contribution in [0.3, 0.4) is 0 Å². The highest BCUT2D eigenvalue weighted by Gasteiger charge is 2.09. The first kappa shape index (κ1) is 9.60. The SMILES string of the molecule is NC(=O)c1cc(I)cc(Cl)c1N. The number of nitrogens with two attached hydrogens (primary N) is 2. The molecule has 0 heterocycles. The molecule has 1 amide bonds. The maximum atomic E-state index is 10.8. The summed E-state index contributed by atoms with van der Waals surface area (Å²) < 4.78 is 0.834. The third-order valence-corrected chi connectivity index (χ3v) is 2.30. The number of anilines is 1. The van der Waals surface area contributed by atoms with Gasteiger partial charge in [0.05, 0.1) is 16.3 Å². The Bertz CT molecular complexity index is 340. The number of carbonyl (C=O) groups is 1. The average Bonchev–Trinajstić information content (AvgIpc) is 1.96. The van der Waals surface area contributed by atoms with Crippen LogP contribution >= 0.6 is 34.2 Å². The number of hydrogen-bond donors (Lipinski definition) is 2. The van der Waals surface area contributed by atoms with E-state index in [0.29, 0.717) is 5.02 Å². The first-order valence-electron chi connectivity index (χ1n) is 3.06. The molecule has 0 atom stereocenters. The fraction of sp³-hybridized carbons (Fsp3) is 0. The second kappa shape index (κ2) is 3.49. The van der Waals surface area contributed by atoms with Gasteiger partial charge in [-0.15, -0.1) is 0 Å². The maximum absolute atomic E-state index is 10.8. The number of nitrogen functional groups attached to an aromatic ring is 1. The monoisotopic (exact) mass is 296 g/mol. The normalized spacial score (nSPS) is 9.83. The molecule has 0 aromatic heterocycles. The molecule has 3 nitrogen and oxygen atoms in total. The minimum atomic E-state index is -0.562. The van der Waals surface area contributed by atoms with Gasteiger partial charge in [0.1, 0.15) is 0 Å². The van der Waals surface area contributed by atoms with Crippen LogP contribution in [0.5, 0.6) is 0 Å². The fourth-order valence-electron chi connectivity index (χ4n) is 0.789. The Morgan fingerprint density at radius 1 is 1.50 bits per heavy atom. The first-order valence-corrected chi connectivity index (χ1v) is 4.52.